The minimum absolute atomic E-state index is 0.108. The van der Waals surface area contributed by atoms with Crippen LogP contribution in [0.25, 0.3) is 11.1 Å². The molecule has 0 spiro atoms. The molecule has 0 saturated carbocycles. The first kappa shape index (κ1) is 24.1. The van der Waals surface area contributed by atoms with E-state index in [-0.39, 0.29) is 11.5 Å². The molecule has 2 aromatic heterocycles. The van der Waals surface area contributed by atoms with Gasteiger partial charge in [-0.2, -0.15) is 0 Å². The Morgan fingerprint density at radius 3 is 2.65 bits per heavy atom. The molecule has 1 aliphatic rings. The van der Waals surface area contributed by atoms with Gasteiger partial charge in [0.1, 0.15) is 11.5 Å². The highest BCUT2D eigenvalue weighted by atomic mass is 16.2. The number of carbonyl (C=O) groups excluding carboxylic acids is 1. The fourth-order valence-corrected chi connectivity index (χ4v) is 3.22. The number of piperidine rings is 1. The van der Waals surface area contributed by atoms with Crippen molar-refractivity contribution < 1.29 is 4.79 Å². The summed E-state index contributed by atoms with van der Waals surface area (Å²) >= 11 is 0. The average Bonchev–Trinajstić information content (AvgIpc) is 2.82. The number of nitrogens with zero attached hydrogens (tertiary/aromatic N) is 2. The number of amides is 1. The molecule has 0 aliphatic carbocycles. The number of likely N-dealkylation sites (N-methyl/N-ethyl adjacent to an activating group) is 1. The normalized spacial score (nSPS) is 13.5. The van der Waals surface area contributed by atoms with Gasteiger partial charge >= 0.3 is 0 Å². The molecule has 31 heavy (non-hydrogen) atoms. The molecule has 8 heteroatoms. The van der Waals surface area contributed by atoms with Crippen LogP contribution in [0.2, 0.25) is 0 Å². The van der Waals surface area contributed by atoms with Crippen molar-refractivity contribution in [3.05, 3.63) is 53.1 Å². The zero-order valence-corrected chi connectivity index (χ0v) is 18.7. The van der Waals surface area contributed by atoms with E-state index in [1.807, 2.05) is 50.2 Å². The van der Waals surface area contributed by atoms with Gasteiger partial charge in [-0.05, 0) is 57.0 Å². The largest absolute Gasteiger partial charge is 0.381 e. The van der Waals surface area contributed by atoms with Crippen molar-refractivity contribution in [1.29, 1.82) is 0 Å². The van der Waals surface area contributed by atoms with E-state index in [9.17, 15) is 9.59 Å². The highest BCUT2D eigenvalue weighted by Gasteiger charge is 2.13. The third kappa shape index (κ3) is 7.90. The number of pyridine rings is 2. The summed E-state index contributed by atoms with van der Waals surface area (Å²) < 4.78 is 0. The Kier molecular flexibility index (Phi) is 10.3. The number of anilines is 2. The zero-order chi connectivity index (χ0) is 22.5. The standard InChI is InChI=1S/C13H16N4O.C10H18N2O/c1-3-15-11-6-10(8-17-13(11)18)9-4-5-16-12(7-9)14-2;1-11-7-5-6-10(13)12-8-3-2-4-9-12/h4-8,15H,3H2,1-2H3,(H,14,16)(H,17,18);5-6,11H,2-4,7-9H2,1H3/b;6-5+. The van der Waals surface area contributed by atoms with Crippen LogP contribution in [0, 0.1) is 0 Å². The number of hydrogen-bond donors (Lipinski definition) is 4. The minimum atomic E-state index is -0.108. The van der Waals surface area contributed by atoms with Gasteiger partial charge in [0.2, 0.25) is 5.91 Å². The first-order valence-electron chi connectivity index (χ1n) is 10.8. The molecule has 4 N–H and O–H groups in total. The molecule has 0 atom stereocenters. The average molecular weight is 427 g/mol. The lowest BCUT2D eigenvalue weighted by Gasteiger charge is -2.25. The Hall–Kier alpha value is -3.13. The lowest BCUT2D eigenvalue weighted by atomic mass is 10.1. The number of aromatic nitrogens is 2. The first-order valence-corrected chi connectivity index (χ1v) is 10.8. The number of aromatic amines is 1. The van der Waals surface area contributed by atoms with Crippen LogP contribution in [0.1, 0.15) is 26.2 Å². The summed E-state index contributed by atoms with van der Waals surface area (Å²) in [5.41, 5.74) is 2.43. The molecule has 0 unspecified atom stereocenters. The molecule has 1 saturated heterocycles. The second-order valence-corrected chi connectivity index (χ2v) is 7.19. The highest BCUT2D eigenvalue weighted by Crippen LogP contribution is 2.21. The lowest BCUT2D eigenvalue weighted by molar-refractivity contribution is -0.126. The van der Waals surface area contributed by atoms with Crippen LogP contribution in [0.5, 0.6) is 0 Å². The van der Waals surface area contributed by atoms with Gasteiger partial charge in [0, 0.05) is 57.3 Å². The SMILES string of the molecule is CCNc1cc(-c2ccnc(NC)c2)c[nH]c1=O.CNC/C=C/C(=O)N1CCCCC1. The predicted octanol–water partition coefficient (Wildman–Crippen LogP) is 2.68. The molecule has 1 fully saturated rings. The molecule has 2 aromatic rings. The molecular weight excluding hydrogens is 392 g/mol. The number of hydrogen-bond acceptors (Lipinski definition) is 6. The van der Waals surface area contributed by atoms with Crippen molar-refractivity contribution in [3.8, 4) is 11.1 Å². The quantitative estimate of drug-likeness (QED) is 0.508. The van der Waals surface area contributed by atoms with E-state index in [1.54, 1.807) is 18.5 Å². The second kappa shape index (κ2) is 13.2. The summed E-state index contributed by atoms with van der Waals surface area (Å²) in [6.45, 7) is 5.30. The van der Waals surface area contributed by atoms with Gasteiger partial charge in [-0.25, -0.2) is 4.98 Å². The summed E-state index contributed by atoms with van der Waals surface area (Å²) in [6, 6.07) is 5.69. The van der Waals surface area contributed by atoms with Gasteiger partial charge in [0.25, 0.3) is 5.56 Å². The second-order valence-electron chi connectivity index (χ2n) is 7.19. The molecule has 3 rings (SSSR count). The Balaban J connectivity index is 0.000000233. The van der Waals surface area contributed by atoms with E-state index < -0.39 is 0 Å². The van der Waals surface area contributed by atoms with Crippen LogP contribution in [-0.4, -0.2) is 61.0 Å². The molecule has 0 bridgehead atoms. The van der Waals surface area contributed by atoms with Crippen molar-refractivity contribution in [3.63, 3.8) is 0 Å². The van der Waals surface area contributed by atoms with Crippen molar-refractivity contribution >= 4 is 17.4 Å². The van der Waals surface area contributed by atoms with E-state index in [1.165, 1.54) is 6.42 Å². The molecule has 1 aliphatic heterocycles. The smallest absolute Gasteiger partial charge is 0.271 e. The summed E-state index contributed by atoms with van der Waals surface area (Å²) in [5.74, 6) is 0.957. The maximum Gasteiger partial charge on any atom is 0.271 e. The molecule has 0 radical (unpaired) electrons. The van der Waals surface area contributed by atoms with Gasteiger partial charge in [0.15, 0.2) is 0 Å². The molecular formula is C23H34N6O2. The number of likely N-dealkylation sites (tertiary alicyclic amines) is 1. The van der Waals surface area contributed by atoms with Crippen molar-refractivity contribution in [2.75, 3.05) is 50.9 Å². The molecule has 0 aromatic carbocycles. The molecule has 8 nitrogen and oxygen atoms in total. The fourth-order valence-electron chi connectivity index (χ4n) is 3.22. The Labute approximate surface area is 184 Å². The third-order valence-corrected chi connectivity index (χ3v) is 4.87. The van der Waals surface area contributed by atoms with E-state index in [4.69, 9.17) is 0 Å². The number of H-pyrrole nitrogens is 1. The van der Waals surface area contributed by atoms with Gasteiger partial charge in [0.05, 0.1) is 0 Å². The number of carbonyl (C=O) groups is 1. The van der Waals surface area contributed by atoms with Gasteiger partial charge in [-0.15, -0.1) is 0 Å². The third-order valence-electron chi connectivity index (χ3n) is 4.87. The molecule has 3 heterocycles. The monoisotopic (exact) mass is 426 g/mol. The van der Waals surface area contributed by atoms with E-state index >= 15 is 0 Å². The Morgan fingerprint density at radius 1 is 1.19 bits per heavy atom. The summed E-state index contributed by atoms with van der Waals surface area (Å²) in [5, 5.41) is 9.00. The van der Waals surface area contributed by atoms with E-state index in [0.29, 0.717) is 12.2 Å². The summed E-state index contributed by atoms with van der Waals surface area (Å²) in [4.78, 5) is 31.9. The molecule has 168 valence electrons. The number of rotatable bonds is 7. The van der Waals surface area contributed by atoms with Gasteiger partial charge in [-0.1, -0.05) is 6.08 Å². The topological polar surface area (TPSA) is 102 Å². The maximum absolute atomic E-state index is 11.6. The Morgan fingerprint density at radius 2 is 1.97 bits per heavy atom. The number of nitrogens with one attached hydrogen (secondary N) is 4. The van der Waals surface area contributed by atoms with Crippen molar-refractivity contribution in [2.45, 2.75) is 26.2 Å². The highest BCUT2D eigenvalue weighted by molar-refractivity contribution is 5.87. The van der Waals surface area contributed by atoms with Crippen LogP contribution in [0.4, 0.5) is 11.5 Å². The van der Waals surface area contributed by atoms with Crippen LogP contribution in [0.3, 0.4) is 0 Å². The van der Waals surface area contributed by atoms with Crippen LogP contribution in [0.15, 0.2) is 47.5 Å². The van der Waals surface area contributed by atoms with Crippen LogP contribution >= 0.6 is 0 Å². The Bertz CT molecular complexity index is 903. The van der Waals surface area contributed by atoms with Crippen LogP contribution in [-0.2, 0) is 4.79 Å². The van der Waals surface area contributed by atoms with E-state index in [0.717, 1.165) is 49.4 Å². The summed E-state index contributed by atoms with van der Waals surface area (Å²) in [6.07, 6.45) is 10.6. The van der Waals surface area contributed by atoms with Gasteiger partial charge in [-0.3, -0.25) is 9.59 Å². The van der Waals surface area contributed by atoms with E-state index in [2.05, 4.69) is 25.9 Å². The van der Waals surface area contributed by atoms with Gasteiger partial charge < -0.3 is 25.8 Å². The van der Waals surface area contributed by atoms with Crippen molar-refractivity contribution in [1.82, 2.24) is 20.2 Å². The maximum atomic E-state index is 11.6. The van der Waals surface area contributed by atoms with Crippen molar-refractivity contribution in [2.24, 2.45) is 0 Å². The zero-order valence-electron chi connectivity index (χ0n) is 18.7. The first-order chi connectivity index (χ1) is 15.1. The summed E-state index contributed by atoms with van der Waals surface area (Å²) in [7, 11) is 3.69. The fraction of sp³-hybridized carbons (Fsp3) is 0.435. The minimum Gasteiger partial charge on any atom is -0.381 e. The molecule has 1 amide bonds. The van der Waals surface area contributed by atoms with Crippen LogP contribution < -0.4 is 21.5 Å². The predicted molar refractivity (Wildman–Crippen MR) is 128 cm³/mol. The lowest BCUT2D eigenvalue weighted by Crippen LogP contribution is -2.34.